The number of ether oxygens (including phenoxy) is 1. The molecule has 1 atom stereocenters. The van der Waals surface area contributed by atoms with Crippen LogP contribution in [0.25, 0.3) is 0 Å². The second-order valence-electron chi connectivity index (χ2n) is 8.08. The van der Waals surface area contributed by atoms with Crippen molar-refractivity contribution in [1.29, 1.82) is 0 Å². The normalized spacial score (nSPS) is 19.4. The van der Waals surface area contributed by atoms with E-state index in [9.17, 15) is 36.2 Å². The Labute approximate surface area is 194 Å². The number of fused-ring (bicyclic) bond motifs is 2. The van der Waals surface area contributed by atoms with Gasteiger partial charge in [-0.25, -0.2) is 0 Å². The lowest BCUT2D eigenvalue weighted by Crippen LogP contribution is -2.38. The van der Waals surface area contributed by atoms with E-state index in [1.165, 1.54) is 30.3 Å². The minimum Gasteiger partial charge on any atom is -0.423 e. The third-order valence-electron chi connectivity index (χ3n) is 6.11. The van der Waals surface area contributed by atoms with E-state index in [2.05, 4.69) is 10.1 Å². The molecule has 1 amide bonds. The molecular formula is C23H14BF6NO4. The average Bonchev–Trinajstić information content (AvgIpc) is 3.29. The quantitative estimate of drug-likeness (QED) is 0.426. The van der Waals surface area contributed by atoms with Gasteiger partial charge in [-0.2, -0.15) is 13.2 Å². The monoisotopic (exact) mass is 493 g/mol. The van der Waals surface area contributed by atoms with Crippen LogP contribution in [-0.2, 0) is 27.6 Å². The fraction of sp³-hybridized carbons (Fsp3) is 0.174. The Kier molecular flexibility index (Phi) is 5.15. The highest BCUT2D eigenvalue weighted by molar-refractivity contribution is 6.61. The lowest BCUT2D eigenvalue weighted by atomic mass is 9.68. The van der Waals surface area contributed by atoms with Crippen molar-refractivity contribution in [3.8, 4) is 5.75 Å². The molecule has 35 heavy (non-hydrogen) atoms. The van der Waals surface area contributed by atoms with Crippen molar-refractivity contribution in [2.45, 2.75) is 24.6 Å². The highest BCUT2D eigenvalue weighted by Crippen LogP contribution is 2.51. The SMILES string of the molecule is O=C1Nc2c(C(F)(F)F)cccc2C1(c1ccc(OC(F)(F)F)cc1)c1ccc2c(c1)COB2O. The maximum absolute atomic E-state index is 13.7. The van der Waals surface area contributed by atoms with Crippen molar-refractivity contribution in [2.24, 2.45) is 0 Å². The van der Waals surface area contributed by atoms with Crippen molar-refractivity contribution in [1.82, 2.24) is 0 Å². The van der Waals surface area contributed by atoms with E-state index in [0.717, 1.165) is 24.3 Å². The molecule has 5 rings (SSSR count). The van der Waals surface area contributed by atoms with Crippen LogP contribution in [0.15, 0.2) is 60.7 Å². The molecule has 3 aromatic rings. The second kappa shape index (κ2) is 7.75. The number of halogens is 6. The van der Waals surface area contributed by atoms with Gasteiger partial charge in [0.2, 0.25) is 5.91 Å². The van der Waals surface area contributed by atoms with Gasteiger partial charge in [-0.1, -0.05) is 42.5 Å². The first-order valence-corrected chi connectivity index (χ1v) is 10.2. The smallest absolute Gasteiger partial charge is 0.423 e. The Balaban J connectivity index is 1.75. The van der Waals surface area contributed by atoms with Crippen LogP contribution in [0.1, 0.15) is 27.8 Å². The summed E-state index contributed by atoms with van der Waals surface area (Å²) >= 11 is 0. The van der Waals surface area contributed by atoms with Crippen LogP contribution < -0.4 is 15.5 Å². The standard InChI is InChI=1S/C23H14BF6NO4/c25-22(26,27)17-3-1-2-16-19(17)31-20(32)21(16,13-4-7-15(8-5-13)35-23(28,29)30)14-6-9-18-12(10-14)11-34-24(18)33/h1-10,33H,11H2,(H,31,32). The van der Waals surface area contributed by atoms with E-state index >= 15 is 0 Å². The highest BCUT2D eigenvalue weighted by atomic mass is 19.4. The molecule has 180 valence electrons. The molecule has 2 heterocycles. The second-order valence-corrected chi connectivity index (χ2v) is 8.08. The van der Waals surface area contributed by atoms with Gasteiger partial charge in [0.15, 0.2) is 0 Å². The lowest BCUT2D eigenvalue weighted by molar-refractivity contribution is -0.274. The predicted octanol–water partition coefficient (Wildman–Crippen LogP) is 4.11. The van der Waals surface area contributed by atoms with E-state index in [1.807, 2.05) is 0 Å². The van der Waals surface area contributed by atoms with Crippen LogP contribution in [0.4, 0.5) is 32.0 Å². The first-order chi connectivity index (χ1) is 16.4. The number of para-hydroxylation sites is 1. The number of benzene rings is 3. The van der Waals surface area contributed by atoms with Crippen LogP contribution in [0.2, 0.25) is 0 Å². The van der Waals surface area contributed by atoms with Crippen molar-refractivity contribution in [3.05, 3.63) is 88.5 Å². The summed E-state index contributed by atoms with van der Waals surface area (Å²) in [5.41, 5.74) is -1.97. The minimum absolute atomic E-state index is 0.00977. The first-order valence-electron chi connectivity index (χ1n) is 10.2. The molecule has 1 unspecified atom stereocenters. The van der Waals surface area contributed by atoms with Crippen LogP contribution in [0.5, 0.6) is 5.75 Å². The zero-order valence-electron chi connectivity index (χ0n) is 17.5. The fourth-order valence-electron chi connectivity index (χ4n) is 4.68. The Morgan fingerprint density at radius 1 is 0.971 bits per heavy atom. The highest BCUT2D eigenvalue weighted by Gasteiger charge is 2.53. The van der Waals surface area contributed by atoms with Crippen molar-refractivity contribution < 1.29 is 45.6 Å². The third-order valence-corrected chi connectivity index (χ3v) is 6.11. The number of anilines is 1. The Morgan fingerprint density at radius 3 is 2.31 bits per heavy atom. The fourth-order valence-corrected chi connectivity index (χ4v) is 4.68. The predicted molar refractivity (Wildman–Crippen MR) is 112 cm³/mol. The summed E-state index contributed by atoms with van der Waals surface area (Å²) in [7, 11) is -1.18. The Hall–Kier alpha value is -3.51. The number of amides is 1. The number of carbonyl (C=O) groups excluding carboxylic acids is 1. The first kappa shape index (κ1) is 23.2. The average molecular weight is 493 g/mol. The van der Waals surface area contributed by atoms with Gasteiger partial charge >= 0.3 is 19.7 Å². The van der Waals surface area contributed by atoms with E-state index in [0.29, 0.717) is 11.0 Å². The molecule has 0 saturated heterocycles. The van der Waals surface area contributed by atoms with E-state index in [-0.39, 0.29) is 23.3 Å². The third kappa shape index (κ3) is 3.73. The molecule has 0 fully saturated rings. The van der Waals surface area contributed by atoms with Crippen molar-refractivity contribution >= 4 is 24.2 Å². The van der Waals surface area contributed by atoms with Gasteiger partial charge < -0.3 is 19.7 Å². The van der Waals surface area contributed by atoms with E-state index in [4.69, 9.17) is 4.65 Å². The minimum atomic E-state index is -4.95. The number of carbonyl (C=O) groups is 1. The zero-order chi connectivity index (χ0) is 25.2. The number of rotatable bonds is 3. The maximum atomic E-state index is 13.7. The van der Waals surface area contributed by atoms with Gasteiger partial charge in [-0.3, -0.25) is 4.79 Å². The number of hydrogen-bond donors (Lipinski definition) is 2. The van der Waals surface area contributed by atoms with E-state index in [1.54, 1.807) is 6.07 Å². The molecule has 2 aliphatic rings. The number of hydrogen-bond acceptors (Lipinski definition) is 4. The summed E-state index contributed by atoms with van der Waals surface area (Å²) in [6.45, 7) is 0.00977. The zero-order valence-corrected chi connectivity index (χ0v) is 17.5. The van der Waals surface area contributed by atoms with Gasteiger partial charge in [0.25, 0.3) is 0 Å². The number of alkyl halides is 6. The van der Waals surface area contributed by atoms with Crippen LogP contribution in [0, 0.1) is 0 Å². The summed E-state index contributed by atoms with van der Waals surface area (Å²) in [4.78, 5) is 13.5. The molecule has 0 aliphatic carbocycles. The Bertz CT molecular complexity index is 1330. The molecule has 5 nitrogen and oxygen atoms in total. The largest absolute Gasteiger partial charge is 0.573 e. The van der Waals surface area contributed by atoms with Crippen LogP contribution in [0.3, 0.4) is 0 Å². The molecule has 0 bridgehead atoms. The molecule has 0 radical (unpaired) electrons. The van der Waals surface area contributed by atoms with Crippen LogP contribution in [-0.4, -0.2) is 24.4 Å². The van der Waals surface area contributed by atoms with Gasteiger partial charge in [0, 0.05) is 5.56 Å². The van der Waals surface area contributed by atoms with Crippen molar-refractivity contribution in [3.63, 3.8) is 0 Å². The molecule has 0 saturated carbocycles. The molecule has 0 spiro atoms. The van der Waals surface area contributed by atoms with Crippen LogP contribution >= 0.6 is 0 Å². The van der Waals surface area contributed by atoms with E-state index < -0.39 is 48.0 Å². The summed E-state index contributed by atoms with van der Waals surface area (Å²) < 4.78 is 88.2. The molecule has 3 aromatic carbocycles. The summed E-state index contributed by atoms with van der Waals surface area (Å²) in [6.07, 6.45) is -9.71. The van der Waals surface area contributed by atoms with Gasteiger partial charge in [0.1, 0.15) is 11.2 Å². The van der Waals surface area contributed by atoms with Gasteiger partial charge in [0.05, 0.1) is 17.9 Å². The summed E-state index contributed by atoms with van der Waals surface area (Å²) in [5, 5.41) is 12.3. The number of nitrogens with one attached hydrogen (secondary N) is 1. The topological polar surface area (TPSA) is 67.8 Å². The molecule has 2 N–H and O–H groups in total. The summed E-state index contributed by atoms with van der Waals surface area (Å²) in [5.74, 6) is -1.36. The maximum Gasteiger partial charge on any atom is 0.573 e. The molecule has 2 aliphatic heterocycles. The molecule has 12 heteroatoms. The molecule has 0 aromatic heterocycles. The van der Waals surface area contributed by atoms with Crippen molar-refractivity contribution in [2.75, 3.05) is 5.32 Å². The summed E-state index contributed by atoms with van der Waals surface area (Å²) in [6, 6.07) is 12.3. The van der Waals surface area contributed by atoms with Gasteiger partial charge in [-0.15, -0.1) is 13.2 Å². The lowest BCUT2D eigenvalue weighted by Gasteiger charge is -2.30. The molecular weight excluding hydrogens is 479 g/mol. The van der Waals surface area contributed by atoms with Gasteiger partial charge in [-0.05, 0) is 40.4 Å². The Morgan fingerprint density at radius 2 is 1.66 bits per heavy atom.